The second kappa shape index (κ2) is 6.74. The highest BCUT2D eigenvalue weighted by molar-refractivity contribution is 6.35. The van der Waals surface area contributed by atoms with Gasteiger partial charge in [-0.15, -0.1) is 0 Å². The minimum Gasteiger partial charge on any atom is -0.506 e. The number of nitrogens with zero attached hydrogens (tertiary/aromatic N) is 1. The van der Waals surface area contributed by atoms with Crippen molar-refractivity contribution in [2.24, 2.45) is 5.92 Å². The largest absolute Gasteiger partial charge is 0.506 e. The summed E-state index contributed by atoms with van der Waals surface area (Å²) in [6.45, 7) is 4.01. The number of aromatic hydroxyl groups is 1. The molecule has 0 radical (unpaired) electrons. The second-order valence-corrected chi connectivity index (χ2v) is 6.94. The summed E-state index contributed by atoms with van der Waals surface area (Å²) in [6.07, 6.45) is 5.00. The Labute approximate surface area is 136 Å². The van der Waals surface area contributed by atoms with Crippen LogP contribution in [0.15, 0.2) is 12.1 Å². The third-order valence-electron chi connectivity index (χ3n) is 4.77. The summed E-state index contributed by atoms with van der Waals surface area (Å²) in [4.78, 5) is 2.48. The standard InChI is InChI=1S/C16H22Cl2N2O/c17-12-9-13(16(21)14(18)10-12)15(11-3-1-2-4-11)20-7-5-19-6-8-20/h9-11,15,19,21H,1-8H2/t15-/m1/s1. The highest BCUT2D eigenvalue weighted by Gasteiger charge is 2.34. The number of benzene rings is 1. The SMILES string of the molecule is Oc1c(Cl)cc(Cl)cc1[C@@H](C1CCCC1)N1CCNCC1. The molecule has 2 N–H and O–H groups in total. The van der Waals surface area contributed by atoms with Crippen molar-refractivity contribution in [2.75, 3.05) is 26.2 Å². The summed E-state index contributed by atoms with van der Waals surface area (Å²) >= 11 is 12.3. The van der Waals surface area contributed by atoms with Gasteiger partial charge in [0.15, 0.2) is 0 Å². The van der Waals surface area contributed by atoms with E-state index >= 15 is 0 Å². The second-order valence-electron chi connectivity index (χ2n) is 6.10. The van der Waals surface area contributed by atoms with Crippen LogP contribution in [0.2, 0.25) is 10.0 Å². The van der Waals surface area contributed by atoms with Gasteiger partial charge in [-0.3, -0.25) is 4.90 Å². The topological polar surface area (TPSA) is 35.5 Å². The Hall–Kier alpha value is -0.480. The molecule has 3 rings (SSSR count). The van der Waals surface area contributed by atoms with E-state index < -0.39 is 0 Å². The van der Waals surface area contributed by atoms with Crippen molar-refractivity contribution in [3.05, 3.63) is 27.7 Å². The van der Waals surface area contributed by atoms with Crippen molar-refractivity contribution in [1.29, 1.82) is 0 Å². The number of phenolic OH excluding ortho intramolecular Hbond substituents is 1. The lowest BCUT2D eigenvalue weighted by molar-refractivity contribution is 0.123. The van der Waals surface area contributed by atoms with Crippen LogP contribution in [0.25, 0.3) is 0 Å². The average Bonchev–Trinajstić information content (AvgIpc) is 2.99. The van der Waals surface area contributed by atoms with Crippen LogP contribution in [-0.2, 0) is 0 Å². The number of phenols is 1. The van der Waals surface area contributed by atoms with Crippen LogP contribution in [0.1, 0.15) is 37.3 Å². The van der Waals surface area contributed by atoms with Gasteiger partial charge in [-0.25, -0.2) is 0 Å². The number of hydrogen-bond donors (Lipinski definition) is 2. The molecule has 21 heavy (non-hydrogen) atoms. The van der Waals surface area contributed by atoms with Crippen LogP contribution < -0.4 is 5.32 Å². The molecule has 1 atom stereocenters. The molecule has 3 nitrogen and oxygen atoms in total. The van der Waals surface area contributed by atoms with E-state index in [4.69, 9.17) is 23.2 Å². The van der Waals surface area contributed by atoms with Crippen molar-refractivity contribution in [1.82, 2.24) is 10.2 Å². The molecule has 1 aromatic rings. The van der Waals surface area contributed by atoms with E-state index in [-0.39, 0.29) is 11.8 Å². The van der Waals surface area contributed by atoms with Crippen molar-refractivity contribution in [3.63, 3.8) is 0 Å². The lowest BCUT2D eigenvalue weighted by Gasteiger charge is -2.39. The number of piperazine rings is 1. The zero-order valence-electron chi connectivity index (χ0n) is 12.1. The zero-order chi connectivity index (χ0) is 14.8. The Morgan fingerprint density at radius 1 is 1.14 bits per heavy atom. The molecule has 0 spiro atoms. The molecular formula is C16H22Cl2N2O. The van der Waals surface area contributed by atoms with E-state index in [1.165, 1.54) is 25.7 Å². The van der Waals surface area contributed by atoms with E-state index in [1.54, 1.807) is 6.07 Å². The summed E-state index contributed by atoms with van der Waals surface area (Å²) < 4.78 is 0. The smallest absolute Gasteiger partial charge is 0.139 e. The minimum atomic E-state index is 0.205. The van der Waals surface area contributed by atoms with E-state index in [9.17, 15) is 5.11 Å². The third kappa shape index (κ3) is 3.31. The van der Waals surface area contributed by atoms with E-state index in [0.717, 1.165) is 31.7 Å². The van der Waals surface area contributed by atoms with Crippen LogP contribution in [0.3, 0.4) is 0 Å². The molecule has 2 fully saturated rings. The number of hydrogen-bond acceptors (Lipinski definition) is 3. The zero-order valence-corrected chi connectivity index (χ0v) is 13.6. The van der Waals surface area contributed by atoms with Gasteiger partial charge in [0.1, 0.15) is 5.75 Å². The average molecular weight is 329 g/mol. The lowest BCUT2D eigenvalue weighted by atomic mass is 9.89. The first kappa shape index (κ1) is 15.4. The first-order valence-corrected chi connectivity index (χ1v) is 8.55. The van der Waals surface area contributed by atoms with E-state index in [0.29, 0.717) is 16.0 Å². The molecule has 1 aliphatic carbocycles. The monoisotopic (exact) mass is 328 g/mol. The summed E-state index contributed by atoms with van der Waals surface area (Å²) in [5, 5.41) is 14.8. The predicted molar refractivity (Wildman–Crippen MR) is 87.3 cm³/mol. The molecule has 2 aliphatic rings. The molecule has 0 bridgehead atoms. The van der Waals surface area contributed by atoms with Crippen LogP contribution in [0.4, 0.5) is 0 Å². The molecule has 0 amide bonds. The summed E-state index contributed by atoms with van der Waals surface area (Å²) in [5.74, 6) is 0.792. The van der Waals surface area contributed by atoms with Gasteiger partial charge in [0, 0.05) is 42.8 Å². The predicted octanol–water partition coefficient (Wildman–Crippen LogP) is 3.84. The first-order chi connectivity index (χ1) is 10.2. The molecule has 1 aliphatic heterocycles. The lowest BCUT2D eigenvalue weighted by Crippen LogP contribution is -2.46. The number of halogens is 2. The van der Waals surface area contributed by atoms with Crippen LogP contribution >= 0.6 is 23.2 Å². The molecule has 1 saturated carbocycles. The summed E-state index contributed by atoms with van der Waals surface area (Å²) in [7, 11) is 0. The Morgan fingerprint density at radius 3 is 2.48 bits per heavy atom. The maximum absolute atomic E-state index is 10.5. The van der Waals surface area contributed by atoms with Crippen LogP contribution in [-0.4, -0.2) is 36.2 Å². The molecule has 1 heterocycles. The highest BCUT2D eigenvalue weighted by Crippen LogP contribution is 2.45. The summed E-state index contributed by atoms with van der Waals surface area (Å²) in [5.41, 5.74) is 0.904. The molecule has 1 aromatic carbocycles. The molecule has 1 saturated heterocycles. The highest BCUT2D eigenvalue weighted by atomic mass is 35.5. The summed E-state index contributed by atoms with van der Waals surface area (Å²) in [6, 6.07) is 3.74. The van der Waals surface area contributed by atoms with Gasteiger partial charge in [0.2, 0.25) is 0 Å². The molecule has 0 aromatic heterocycles. The van der Waals surface area contributed by atoms with Crippen molar-refractivity contribution in [2.45, 2.75) is 31.7 Å². The fraction of sp³-hybridized carbons (Fsp3) is 0.625. The van der Waals surface area contributed by atoms with Crippen molar-refractivity contribution in [3.8, 4) is 5.75 Å². The van der Waals surface area contributed by atoms with Gasteiger partial charge in [-0.2, -0.15) is 0 Å². The normalized spacial score (nSPS) is 22.6. The molecule has 0 unspecified atom stereocenters. The quantitative estimate of drug-likeness (QED) is 0.884. The third-order valence-corrected chi connectivity index (χ3v) is 5.27. The van der Waals surface area contributed by atoms with Gasteiger partial charge < -0.3 is 10.4 Å². The maximum atomic E-state index is 10.5. The number of rotatable bonds is 3. The molecule has 116 valence electrons. The van der Waals surface area contributed by atoms with E-state index in [2.05, 4.69) is 10.2 Å². The van der Waals surface area contributed by atoms with Crippen molar-refractivity contribution >= 4 is 23.2 Å². The van der Waals surface area contributed by atoms with E-state index in [1.807, 2.05) is 6.07 Å². The maximum Gasteiger partial charge on any atom is 0.139 e. The van der Waals surface area contributed by atoms with Crippen LogP contribution in [0, 0.1) is 5.92 Å². The Morgan fingerprint density at radius 2 is 1.81 bits per heavy atom. The van der Waals surface area contributed by atoms with Gasteiger partial charge in [-0.1, -0.05) is 36.0 Å². The fourth-order valence-corrected chi connectivity index (χ4v) is 4.30. The Balaban J connectivity index is 1.97. The fourth-order valence-electron chi connectivity index (χ4n) is 3.79. The van der Waals surface area contributed by atoms with Gasteiger partial charge in [-0.05, 0) is 30.9 Å². The Bertz CT molecular complexity index is 497. The minimum absolute atomic E-state index is 0.205. The molecular weight excluding hydrogens is 307 g/mol. The molecule has 5 heteroatoms. The first-order valence-electron chi connectivity index (χ1n) is 7.79. The van der Waals surface area contributed by atoms with Gasteiger partial charge in [0.05, 0.1) is 5.02 Å². The van der Waals surface area contributed by atoms with Gasteiger partial charge in [0.25, 0.3) is 0 Å². The number of nitrogens with one attached hydrogen (secondary N) is 1. The van der Waals surface area contributed by atoms with Crippen LogP contribution in [0.5, 0.6) is 5.75 Å². The van der Waals surface area contributed by atoms with Crippen molar-refractivity contribution < 1.29 is 5.11 Å². The van der Waals surface area contributed by atoms with Gasteiger partial charge >= 0.3 is 0 Å². The Kier molecular flexibility index (Phi) is 4.95.